The van der Waals surface area contributed by atoms with Crippen molar-refractivity contribution < 1.29 is 9.66 Å². The molecule has 1 heterocycles. The van der Waals surface area contributed by atoms with Crippen LogP contribution in [0, 0.1) is 10.1 Å². The van der Waals surface area contributed by atoms with Crippen molar-refractivity contribution in [3.63, 3.8) is 0 Å². The third kappa shape index (κ3) is 2.56. The van der Waals surface area contributed by atoms with Gasteiger partial charge in [-0.15, -0.1) is 0 Å². The number of hydrogen-bond donors (Lipinski definition) is 1. The van der Waals surface area contributed by atoms with Crippen molar-refractivity contribution in [3.05, 3.63) is 28.3 Å². The van der Waals surface area contributed by atoms with Crippen LogP contribution in [0.15, 0.2) is 18.2 Å². The molecule has 0 bridgehead atoms. The van der Waals surface area contributed by atoms with Crippen molar-refractivity contribution in [2.24, 2.45) is 5.73 Å². The summed E-state index contributed by atoms with van der Waals surface area (Å²) >= 11 is 0. The van der Waals surface area contributed by atoms with Gasteiger partial charge < -0.3 is 15.4 Å². The molecular formula is C14H21N3O3. The van der Waals surface area contributed by atoms with E-state index >= 15 is 0 Å². The molecule has 1 aromatic rings. The fraction of sp³-hybridized carbons (Fsp3) is 0.571. The predicted molar refractivity (Wildman–Crippen MR) is 78.3 cm³/mol. The Hall–Kier alpha value is -1.82. The molecule has 2 N–H and O–H groups in total. The Bertz CT molecular complexity index is 493. The summed E-state index contributed by atoms with van der Waals surface area (Å²) in [5.74, 6) is 0.293. The summed E-state index contributed by atoms with van der Waals surface area (Å²) in [6, 6.07) is 5.57. The Balaban J connectivity index is 2.52. The molecule has 6 nitrogen and oxygen atoms in total. The van der Waals surface area contributed by atoms with E-state index in [9.17, 15) is 10.1 Å². The van der Waals surface area contributed by atoms with Gasteiger partial charge in [0.05, 0.1) is 12.0 Å². The monoisotopic (exact) mass is 279 g/mol. The summed E-state index contributed by atoms with van der Waals surface area (Å²) in [4.78, 5) is 13.1. The Morgan fingerprint density at radius 2 is 2.25 bits per heavy atom. The second kappa shape index (κ2) is 6.09. The second-order valence-corrected chi connectivity index (χ2v) is 5.16. The quantitative estimate of drug-likeness (QED) is 0.675. The molecule has 2 rings (SSSR count). The first kappa shape index (κ1) is 14.6. The van der Waals surface area contributed by atoms with Crippen LogP contribution < -0.4 is 15.4 Å². The number of piperidine rings is 1. The molecule has 6 heteroatoms. The highest BCUT2D eigenvalue weighted by atomic mass is 16.6. The molecule has 110 valence electrons. The topological polar surface area (TPSA) is 81.6 Å². The van der Waals surface area contributed by atoms with Crippen LogP contribution in [0.2, 0.25) is 0 Å². The van der Waals surface area contributed by atoms with Crippen LogP contribution in [0.25, 0.3) is 0 Å². The van der Waals surface area contributed by atoms with E-state index < -0.39 is 0 Å². The number of nitrogens with zero attached hydrogens (tertiary/aromatic N) is 2. The van der Waals surface area contributed by atoms with E-state index in [2.05, 4.69) is 11.8 Å². The number of para-hydroxylation sites is 1. The molecule has 1 aliphatic rings. The van der Waals surface area contributed by atoms with Crippen LogP contribution in [0.5, 0.6) is 5.75 Å². The van der Waals surface area contributed by atoms with E-state index in [-0.39, 0.29) is 22.7 Å². The van der Waals surface area contributed by atoms with Gasteiger partial charge >= 0.3 is 5.69 Å². The van der Waals surface area contributed by atoms with Crippen LogP contribution >= 0.6 is 0 Å². The fourth-order valence-corrected chi connectivity index (χ4v) is 3.02. The molecule has 0 aromatic heterocycles. The number of anilines is 1. The molecule has 0 saturated carbocycles. The molecule has 1 saturated heterocycles. The molecule has 0 aliphatic carbocycles. The van der Waals surface area contributed by atoms with Crippen LogP contribution in [0.3, 0.4) is 0 Å². The number of nitrogens with two attached hydrogens (primary N) is 1. The Kier molecular flexibility index (Phi) is 4.44. The average molecular weight is 279 g/mol. The zero-order chi connectivity index (χ0) is 14.7. The largest absolute Gasteiger partial charge is 0.490 e. The molecule has 1 aromatic carbocycles. The Morgan fingerprint density at radius 3 is 2.85 bits per heavy atom. The second-order valence-electron chi connectivity index (χ2n) is 5.16. The van der Waals surface area contributed by atoms with Gasteiger partial charge in [-0.25, -0.2) is 0 Å². The normalized spacial score (nSPS) is 22.6. The van der Waals surface area contributed by atoms with Crippen molar-refractivity contribution in [1.82, 2.24) is 0 Å². The molecule has 2 atom stereocenters. The molecule has 20 heavy (non-hydrogen) atoms. The van der Waals surface area contributed by atoms with E-state index in [0.717, 1.165) is 19.3 Å². The number of ether oxygens (including phenoxy) is 1. The molecule has 1 fully saturated rings. The standard InChI is InChI=1S/C14H21N3O3/c1-10-5-3-6-11(9-15)16(10)12-7-4-8-13(20-2)14(12)17(18)19/h4,7-8,10-11H,3,5-6,9,15H2,1-2H3. The molecule has 1 aliphatic heterocycles. The van der Waals surface area contributed by atoms with Crippen molar-refractivity contribution in [2.75, 3.05) is 18.6 Å². The summed E-state index contributed by atoms with van der Waals surface area (Å²) in [7, 11) is 1.45. The lowest BCUT2D eigenvalue weighted by molar-refractivity contribution is -0.385. The first-order valence-electron chi connectivity index (χ1n) is 6.90. The van der Waals surface area contributed by atoms with E-state index in [4.69, 9.17) is 10.5 Å². The summed E-state index contributed by atoms with van der Waals surface area (Å²) in [6.45, 7) is 2.59. The van der Waals surface area contributed by atoms with Gasteiger partial charge in [-0.1, -0.05) is 6.07 Å². The number of hydrogen-bond acceptors (Lipinski definition) is 5. The van der Waals surface area contributed by atoms with Gasteiger partial charge in [-0.05, 0) is 38.3 Å². The average Bonchev–Trinajstić information content (AvgIpc) is 2.45. The zero-order valence-electron chi connectivity index (χ0n) is 11.9. The van der Waals surface area contributed by atoms with Crippen molar-refractivity contribution in [3.8, 4) is 5.75 Å². The number of nitro benzene ring substituents is 1. The summed E-state index contributed by atoms with van der Waals surface area (Å²) < 4.78 is 5.14. The molecular weight excluding hydrogens is 258 g/mol. The maximum Gasteiger partial charge on any atom is 0.333 e. The molecule has 0 radical (unpaired) electrons. The van der Waals surface area contributed by atoms with Gasteiger partial charge in [0.2, 0.25) is 0 Å². The Labute approximate surface area is 118 Å². The lowest BCUT2D eigenvalue weighted by Gasteiger charge is -2.41. The lowest BCUT2D eigenvalue weighted by Crippen LogP contribution is -2.49. The van der Waals surface area contributed by atoms with E-state index in [1.54, 1.807) is 18.2 Å². The van der Waals surface area contributed by atoms with Crippen LogP contribution in [0.1, 0.15) is 26.2 Å². The minimum absolute atomic E-state index is 0.0298. The minimum Gasteiger partial charge on any atom is -0.490 e. The first-order valence-corrected chi connectivity index (χ1v) is 6.90. The predicted octanol–water partition coefficient (Wildman–Crippen LogP) is 2.31. The highest BCUT2D eigenvalue weighted by Gasteiger charge is 2.33. The first-order chi connectivity index (χ1) is 9.60. The number of rotatable bonds is 4. The third-order valence-corrected chi connectivity index (χ3v) is 3.96. The number of methoxy groups -OCH3 is 1. The highest BCUT2D eigenvalue weighted by Crippen LogP contribution is 2.40. The lowest BCUT2D eigenvalue weighted by atomic mass is 9.95. The van der Waals surface area contributed by atoms with Crippen LogP contribution in [-0.4, -0.2) is 30.7 Å². The summed E-state index contributed by atoms with van der Waals surface area (Å²) in [5.41, 5.74) is 6.49. The van der Waals surface area contributed by atoms with Gasteiger partial charge in [-0.3, -0.25) is 10.1 Å². The smallest absolute Gasteiger partial charge is 0.333 e. The molecule has 0 amide bonds. The van der Waals surface area contributed by atoms with Crippen LogP contribution in [-0.2, 0) is 0 Å². The molecule has 2 unspecified atom stereocenters. The fourth-order valence-electron chi connectivity index (χ4n) is 3.02. The van der Waals surface area contributed by atoms with Crippen molar-refractivity contribution in [1.29, 1.82) is 0 Å². The summed E-state index contributed by atoms with van der Waals surface area (Å²) in [5, 5.41) is 11.4. The van der Waals surface area contributed by atoms with Gasteiger partial charge in [0.1, 0.15) is 5.69 Å². The number of nitro groups is 1. The summed E-state index contributed by atoms with van der Waals surface area (Å²) in [6.07, 6.45) is 3.09. The van der Waals surface area contributed by atoms with E-state index in [1.165, 1.54) is 7.11 Å². The number of benzene rings is 1. The molecule has 0 spiro atoms. The van der Waals surface area contributed by atoms with Crippen molar-refractivity contribution in [2.45, 2.75) is 38.3 Å². The highest BCUT2D eigenvalue weighted by molar-refractivity contribution is 5.70. The SMILES string of the molecule is COc1cccc(N2C(C)CCCC2CN)c1[N+](=O)[O-]. The van der Waals surface area contributed by atoms with Gasteiger partial charge in [-0.2, -0.15) is 0 Å². The third-order valence-electron chi connectivity index (χ3n) is 3.96. The van der Waals surface area contributed by atoms with Gasteiger partial charge in [0, 0.05) is 18.6 Å². The van der Waals surface area contributed by atoms with Gasteiger partial charge in [0.25, 0.3) is 0 Å². The minimum atomic E-state index is -0.372. The zero-order valence-corrected chi connectivity index (χ0v) is 11.9. The van der Waals surface area contributed by atoms with E-state index in [0.29, 0.717) is 18.0 Å². The maximum atomic E-state index is 11.4. The van der Waals surface area contributed by atoms with E-state index in [1.807, 2.05) is 0 Å². The maximum absolute atomic E-state index is 11.4. The Morgan fingerprint density at radius 1 is 1.50 bits per heavy atom. The van der Waals surface area contributed by atoms with Gasteiger partial charge in [0.15, 0.2) is 5.75 Å². The van der Waals surface area contributed by atoms with Crippen molar-refractivity contribution >= 4 is 11.4 Å². The van der Waals surface area contributed by atoms with Crippen LogP contribution in [0.4, 0.5) is 11.4 Å².